The van der Waals surface area contributed by atoms with Crippen LogP contribution in [0, 0.1) is 6.92 Å². The van der Waals surface area contributed by atoms with E-state index in [0.29, 0.717) is 5.56 Å². The van der Waals surface area contributed by atoms with Gasteiger partial charge in [0.1, 0.15) is 11.7 Å². The number of methoxy groups -OCH3 is 1. The van der Waals surface area contributed by atoms with Crippen molar-refractivity contribution in [1.82, 2.24) is 0 Å². The molecule has 0 bridgehead atoms. The first-order chi connectivity index (χ1) is 8.42. The van der Waals surface area contributed by atoms with Crippen LogP contribution in [-0.2, 0) is 4.79 Å². The van der Waals surface area contributed by atoms with Crippen LogP contribution in [0.25, 0.3) is 0 Å². The van der Waals surface area contributed by atoms with E-state index >= 15 is 0 Å². The third kappa shape index (κ3) is 2.82. The number of aliphatic hydroxyl groups excluding tert-OH is 1. The summed E-state index contributed by atoms with van der Waals surface area (Å²) in [7, 11) is 1.60. The average Bonchev–Trinajstić information content (AvgIpc) is 2.30. The quantitative estimate of drug-likeness (QED) is 0.843. The van der Waals surface area contributed by atoms with Crippen LogP contribution in [0.4, 0.5) is 0 Å². The standard InChI is InChI=1S/C14H20O4/c1-8(2)10-6-11(12(7-15)14(16)17)9(3)5-13(10)18-4/h5-6,8,12,15H,7H2,1-4H3,(H,16,17). The van der Waals surface area contributed by atoms with Crippen LogP contribution in [0.1, 0.15) is 42.4 Å². The zero-order chi connectivity index (χ0) is 13.9. The molecule has 4 nitrogen and oxygen atoms in total. The zero-order valence-electron chi connectivity index (χ0n) is 11.2. The fraction of sp³-hybridized carbons (Fsp3) is 0.500. The molecule has 0 aliphatic heterocycles. The molecule has 0 saturated heterocycles. The Morgan fingerprint density at radius 1 is 1.33 bits per heavy atom. The van der Waals surface area contributed by atoms with Crippen molar-refractivity contribution in [1.29, 1.82) is 0 Å². The first-order valence-corrected chi connectivity index (χ1v) is 5.94. The van der Waals surface area contributed by atoms with Crippen molar-refractivity contribution in [3.05, 3.63) is 28.8 Å². The van der Waals surface area contributed by atoms with Gasteiger partial charge in [-0.25, -0.2) is 0 Å². The summed E-state index contributed by atoms with van der Waals surface area (Å²) >= 11 is 0. The zero-order valence-corrected chi connectivity index (χ0v) is 11.2. The monoisotopic (exact) mass is 252 g/mol. The smallest absolute Gasteiger partial charge is 0.313 e. The number of carbonyl (C=O) groups is 1. The highest BCUT2D eigenvalue weighted by Gasteiger charge is 2.23. The fourth-order valence-electron chi connectivity index (χ4n) is 2.03. The Morgan fingerprint density at radius 3 is 2.33 bits per heavy atom. The number of aliphatic carboxylic acids is 1. The topological polar surface area (TPSA) is 66.8 Å². The second-order valence-electron chi connectivity index (χ2n) is 4.68. The Labute approximate surface area is 107 Å². The Balaban J connectivity index is 3.37. The first kappa shape index (κ1) is 14.5. The molecule has 1 rings (SSSR count). The van der Waals surface area contributed by atoms with Crippen molar-refractivity contribution in [2.24, 2.45) is 0 Å². The maximum Gasteiger partial charge on any atom is 0.313 e. The number of aliphatic hydroxyl groups is 1. The molecule has 0 saturated carbocycles. The van der Waals surface area contributed by atoms with Gasteiger partial charge in [-0.2, -0.15) is 0 Å². The molecule has 0 spiro atoms. The van der Waals surface area contributed by atoms with E-state index in [-0.39, 0.29) is 5.92 Å². The number of hydrogen-bond donors (Lipinski definition) is 2. The van der Waals surface area contributed by atoms with E-state index in [9.17, 15) is 9.90 Å². The van der Waals surface area contributed by atoms with E-state index in [1.54, 1.807) is 7.11 Å². The first-order valence-electron chi connectivity index (χ1n) is 5.94. The number of aryl methyl sites for hydroxylation is 1. The van der Waals surface area contributed by atoms with Gasteiger partial charge in [-0.1, -0.05) is 19.9 Å². The van der Waals surface area contributed by atoms with E-state index in [2.05, 4.69) is 0 Å². The van der Waals surface area contributed by atoms with Crippen LogP contribution in [0.2, 0.25) is 0 Å². The summed E-state index contributed by atoms with van der Waals surface area (Å²) in [5.41, 5.74) is 2.42. The largest absolute Gasteiger partial charge is 0.496 e. The third-order valence-corrected chi connectivity index (χ3v) is 3.10. The summed E-state index contributed by atoms with van der Waals surface area (Å²) < 4.78 is 5.31. The van der Waals surface area contributed by atoms with Crippen molar-refractivity contribution >= 4 is 5.97 Å². The van der Waals surface area contributed by atoms with Gasteiger partial charge in [0.05, 0.1) is 13.7 Å². The summed E-state index contributed by atoms with van der Waals surface area (Å²) in [6, 6.07) is 3.66. The van der Waals surface area contributed by atoms with Crippen LogP contribution in [0.15, 0.2) is 12.1 Å². The van der Waals surface area contributed by atoms with Gasteiger partial charge in [-0.05, 0) is 35.6 Å². The van der Waals surface area contributed by atoms with Crippen molar-refractivity contribution in [3.63, 3.8) is 0 Å². The van der Waals surface area contributed by atoms with Crippen LogP contribution in [-0.4, -0.2) is 29.9 Å². The molecule has 100 valence electrons. The van der Waals surface area contributed by atoms with E-state index < -0.39 is 18.5 Å². The highest BCUT2D eigenvalue weighted by Crippen LogP contribution is 2.32. The molecule has 0 radical (unpaired) electrons. The van der Waals surface area contributed by atoms with Gasteiger partial charge >= 0.3 is 5.97 Å². The van der Waals surface area contributed by atoms with Gasteiger partial charge in [-0.3, -0.25) is 4.79 Å². The van der Waals surface area contributed by atoms with Gasteiger partial charge in [0.25, 0.3) is 0 Å². The number of ether oxygens (including phenoxy) is 1. The molecule has 0 fully saturated rings. The van der Waals surface area contributed by atoms with Gasteiger partial charge in [0, 0.05) is 0 Å². The van der Waals surface area contributed by atoms with Gasteiger partial charge < -0.3 is 14.9 Å². The highest BCUT2D eigenvalue weighted by atomic mass is 16.5. The summed E-state index contributed by atoms with van der Waals surface area (Å²) in [4.78, 5) is 11.1. The average molecular weight is 252 g/mol. The minimum atomic E-state index is -1.01. The van der Waals surface area contributed by atoms with Crippen LogP contribution >= 0.6 is 0 Å². The number of benzene rings is 1. The van der Waals surface area contributed by atoms with E-state index in [1.165, 1.54) is 0 Å². The number of carboxylic acid groups (broad SMARTS) is 1. The number of rotatable bonds is 5. The summed E-state index contributed by atoms with van der Waals surface area (Å²) in [5.74, 6) is -0.908. The lowest BCUT2D eigenvalue weighted by atomic mass is 9.90. The molecule has 1 aromatic rings. The second kappa shape index (κ2) is 5.87. The minimum Gasteiger partial charge on any atom is -0.496 e. The maximum atomic E-state index is 11.1. The van der Waals surface area contributed by atoms with Crippen LogP contribution in [0.5, 0.6) is 5.75 Å². The molecule has 0 heterocycles. The van der Waals surface area contributed by atoms with E-state index in [0.717, 1.165) is 16.9 Å². The molecule has 0 aliphatic carbocycles. The van der Waals surface area contributed by atoms with Gasteiger partial charge in [0.15, 0.2) is 0 Å². The predicted octanol–water partition coefficient (Wildman–Crippen LogP) is 2.29. The van der Waals surface area contributed by atoms with Gasteiger partial charge in [-0.15, -0.1) is 0 Å². The SMILES string of the molecule is COc1cc(C)c(C(CO)C(=O)O)cc1C(C)C. The molecular weight excluding hydrogens is 232 g/mol. The molecule has 0 amide bonds. The molecule has 1 atom stereocenters. The molecule has 0 aliphatic rings. The molecule has 4 heteroatoms. The molecule has 2 N–H and O–H groups in total. The Morgan fingerprint density at radius 2 is 1.94 bits per heavy atom. The molecule has 0 aromatic heterocycles. The van der Waals surface area contributed by atoms with Crippen molar-refractivity contribution in [3.8, 4) is 5.75 Å². The van der Waals surface area contributed by atoms with Crippen molar-refractivity contribution < 1.29 is 19.7 Å². The van der Waals surface area contributed by atoms with Crippen LogP contribution < -0.4 is 4.74 Å². The van der Waals surface area contributed by atoms with Crippen molar-refractivity contribution in [2.75, 3.05) is 13.7 Å². The summed E-state index contributed by atoms with van der Waals surface area (Å²) in [5, 5.41) is 18.3. The van der Waals surface area contributed by atoms with Gasteiger partial charge in [0.2, 0.25) is 0 Å². The van der Waals surface area contributed by atoms with E-state index in [1.807, 2.05) is 32.9 Å². The Kier molecular flexibility index (Phi) is 4.73. The van der Waals surface area contributed by atoms with E-state index in [4.69, 9.17) is 9.84 Å². The molecule has 18 heavy (non-hydrogen) atoms. The Hall–Kier alpha value is -1.55. The lowest BCUT2D eigenvalue weighted by Gasteiger charge is -2.19. The molecule has 1 unspecified atom stereocenters. The Bertz CT molecular complexity index is 438. The maximum absolute atomic E-state index is 11.1. The molecular formula is C14H20O4. The molecule has 1 aromatic carbocycles. The van der Waals surface area contributed by atoms with Crippen molar-refractivity contribution in [2.45, 2.75) is 32.6 Å². The number of hydrogen-bond acceptors (Lipinski definition) is 3. The second-order valence-corrected chi connectivity index (χ2v) is 4.68. The highest BCUT2D eigenvalue weighted by molar-refractivity contribution is 5.77. The fourth-order valence-corrected chi connectivity index (χ4v) is 2.03. The van der Waals surface area contributed by atoms with Crippen LogP contribution in [0.3, 0.4) is 0 Å². The normalized spacial score (nSPS) is 12.6. The lowest BCUT2D eigenvalue weighted by molar-refractivity contribution is -0.139. The third-order valence-electron chi connectivity index (χ3n) is 3.10. The summed E-state index contributed by atoms with van der Waals surface area (Å²) in [6.45, 7) is 5.46. The number of carboxylic acids is 1. The minimum absolute atomic E-state index is 0.229. The lowest BCUT2D eigenvalue weighted by Crippen LogP contribution is -2.17. The predicted molar refractivity (Wildman–Crippen MR) is 69.3 cm³/mol. The summed E-state index contributed by atoms with van der Waals surface area (Å²) in [6.07, 6.45) is 0.